The highest BCUT2D eigenvalue weighted by Crippen LogP contribution is 2.41. The van der Waals surface area contributed by atoms with Crippen molar-refractivity contribution in [3.63, 3.8) is 0 Å². The second kappa shape index (κ2) is 9.93. The van der Waals surface area contributed by atoms with E-state index < -0.39 is 0 Å². The number of amides is 2. The van der Waals surface area contributed by atoms with Crippen LogP contribution in [-0.2, 0) is 4.74 Å². The van der Waals surface area contributed by atoms with Crippen LogP contribution in [0.3, 0.4) is 0 Å². The fraction of sp³-hybridized carbons (Fsp3) is 0.292. The average molecular weight is 452 g/mol. The monoisotopic (exact) mass is 451 g/mol. The lowest BCUT2D eigenvalue weighted by atomic mass is 10.1. The van der Waals surface area contributed by atoms with Crippen molar-refractivity contribution < 1.29 is 19.1 Å². The van der Waals surface area contributed by atoms with Crippen molar-refractivity contribution >= 4 is 28.2 Å². The summed E-state index contributed by atoms with van der Waals surface area (Å²) in [5, 5.41) is 3.48. The van der Waals surface area contributed by atoms with Gasteiger partial charge in [0.1, 0.15) is 10.6 Å². The molecule has 2 aromatic heterocycles. The molecule has 3 heterocycles. The van der Waals surface area contributed by atoms with E-state index in [1.165, 1.54) is 11.3 Å². The summed E-state index contributed by atoms with van der Waals surface area (Å²) < 4.78 is 10.9. The van der Waals surface area contributed by atoms with E-state index in [2.05, 4.69) is 10.3 Å². The first-order valence-electron chi connectivity index (χ1n) is 10.5. The third-order valence-electron chi connectivity index (χ3n) is 5.22. The van der Waals surface area contributed by atoms with E-state index in [1.807, 2.05) is 44.2 Å². The smallest absolute Gasteiger partial charge is 0.261 e. The van der Waals surface area contributed by atoms with E-state index >= 15 is 0 Å². The van der Waals surface area contributed by atoms with Gasteiger partial charge in [-0.15, -0.1) is 11.3 Å². The molecule has 32 heavy (non-hydrogen) atoms. The number of morpholine rings is 1. The summed E-state index contributed by atoms with van der Waals surface area (Å²) in [6.07, 6.45) is 1.58. The Morgan fingerprint density at radius 2 is 1.91 bits per heavy atom. The zero-order valence-corrected chi connectivity index (χ0v) is 18.9. The van der Waals surface area contributed by atoms with E-state index in [-0.39, 0.29) is 17.7 Å². The number of ether oxygens (including phenoxy) is 2. The number of rotatable bonds is 6. The molecular weight excluding hydrogens is 426 g/mol. The van der Waals surface area contributed by atoms with Crippen LogP contribution in [0.1, 0.15) is 33.2 Å². The zero-order chi connectivity index (χ0) is 22.5. The minimum atomic E-state index is -0.363. The van der Waals surface area contributed by atoms with Crippen molar-refractivity contribution in [2.45, 2.75) is 13.8 Å². The Morgan fingerprint density at radius 3 is 2.62 bits per heavy atom. The van der Waals surface area contributed by atoms with E-state index in [9.17, 15) is 9.59 Å². The molecule has 1 saturated heterocycles. The lowest BCUT2D eigenvalue weighted by molar-refractivity contribution is 0.0303. The molecule has 2 amide bonds. The Bertz CT molecular complexity index is 1110. The summed E-state index contributed by atoms with van der Waals surface area (Å²) in [4.78, 5) is 33.5. The molecule has 0 spiro atoms. The minimum Gasteiger partial charge on any atom is -0.477 e. The molecule has 0 bridgehead atoms. The van der Waals surface area contributed by atoms with Crippen LogP contribution in [0.5, 0.6) is 5.88 Å². The van der Waals surface area contributed by atoms with Crippen molar-refractivity contribution in [3.8, 4) is 16.3 Å². The number of benzene rings is 1. The van der Waals surface area contributed by atoms with Gasteiger partial charge in [0.2, 0.25) is 5.88 Å². The van der Waals surface area contributed by atoms with E-state index in [4.69, 9.17) is 9.47 Å². The summed E-state index contributed by atoms with van der Waals surface area (Å²) in [5.41, 5.74) is 2.70. The first-order valence-corrected chi connectivity index (χ1v) is 11.4. The quantitative estimate of drug-likeness (QED) is 0.606. The van der Waals surface area contributed by atoms with Gasteiger partial charge in [-0.1, -0.05) is 30.3 Å². The molecule has 1 aliphatic heterocycles. The predicted octanol–water partition coefficient (Wildman–Crippen LogP) is 4.24. The van der Waals surface area contributed by atoms with Gasteiger partial charge in [0, 0.05) is 24.2 Å². The second-order valence-electron chi connectivity index (χ2n) is 7.27. The van der Waals surface area contributed by atoms with Crippen LogP contribution < -0.4 is 10.1 Å². The number of carbonyl (C=O) groups excluding carboxylic acids is 2. The van der Waals surface area contributed by atoms with Crippen LogP contribution in [0.15, 0.2) is 48.7 Å². The molecule has 0 saturated carbocycles. The Labute approximate surface area is 191 Å². The number of anilines is 1. The van der Waals surface area contributed by atoms with Crippen molar-refractivity contribution in [2.75, 3.05) is 38.2 Å². The third-order valence-corrected chi connectivity index (χ3v) is 6.48. The molecule has 3 aromatic rings. The fourth-order valence-electron chi connectivity index (χ4n) is 3.63. The molecule has 1 aliphatic rings. The number of pyridine rings is 1. The van der Waals surface area contributed by atoms with Gasteiger partial charge >= 0.3 is 0 Å². The topological polar surface area (TPSA) is 80.8 Å². The highest BCUT2D eigenvalue weighted by atomic mass is 32.1. The molecule has 1 N–H and O–H groups in total. The van der Waals surface area contributed by atoms with E-state index in [0.29, 0.717) is 49.0 Å². The van der Waals surface area contributed by atoms with E-state index in [1.54, 1.807) is 23.2 Å². The summed E-state index contributed by atoms with van der Waals surface area (Å²) in [6, 6.07) is 13.2. The van der Waals surface area contributed by atoms with Gasteiger partial charge in [-0.3, -0.25) is 9.59 Å². The van der Waals surface area contributed by atoms with E-state index in [0.717, 1.165) is 16.0 Å². The summed E-state index contributed by atoms with van der Waals surface area (Å²) >= 11 is 1.40. The van der Waals surface area contributed by atoms with Crippen LogP contribution in [0, 0.1) is 6.92 Å². The molecule has 4 rings (SSSR count). The van der Waals surface area contributed by atoms with Gasteiger partial charge < -0.3 is 19.7 Å². The average Bonchev–Trinajstić information content (AvgIpc) is 3.15. The maximum Gasteiger partial charge on any atom is 0.261 e. The number of aromatic nitrogens is 1. The number of carbonyl (C=O) groups is 2. The van der Waals surface area contributed by atoms with Crippen LogP contribution in [0.25, 0.3) is 10.4 Å². The summed E-state index contributed by atoms with van der Waals surface area (Å²) in [7, 11) is 0. The molecule has 0 atom stereocenters. The highest BCUT2D eigenvalue weighted by Gasteiger charge is 2.28. The van der Waals surface area contributed by atoms with Gasteiger partial charge in [0.15, 0.2) is 0 Å². The first kappa shape index (κ1) is 22.0. The third kappa shape index (κ3) is 4.51. The molecule has 8 heteroatoms. The van der Waals surface area contributed by atoms with Gasteiger partial charge in [-0.05, 0) is 37.1 Å². The molecule has 0 radical (unpaired) electrons. The van der Waals surface area contributed by atoms with Crippen molar-refractivity contribution in [1.82, 2.24) is 9.88 Å². The molecule has 0 aliphatic carbocycles. The van der Waals surface area contributed by atoms with Crippen molar-refractivity contribution in [1.29, 1.82) is 0 Å². The van der Waals surface area contributed by atoms with Crippen LogP contribution in [0.2, 0.25) is 0 Å². The second-order valence-corrected chi connectivity index (χ2v) is 8.29. The number of thiophene rings is 1. The van der Waals surface area contributed by atoms with Gasteiger partial charge in [-0.25, -0.2) is 4.98 Å². The van der Waals surface area contributed by atoms with Gasteiger partial charge in [0.05, 0.1) is 25.4 Å². The number of nitrogens with zero attached hydrogens (tertiary/aromatic N) is 2. The fourth-order valence-corrected chi connectivity index (χ4v) is 4.83. The maximum absolute atomic E-state index is 13.5. The Balaban J connectivity index is 1.73. The van der Waals surface area contributed by atoms with Crippen LogP contribution >= 0.6 is 11.3 Å². The lowest BCUT2D eigenvalue weighted by Crippen LogP contribution is -2.41. The molecule has 1 aromatic carbocycles. The van der Waals surface area contributed by atoms with Gasteiger partial charge in [-0.2, -0.15) is 0 Å². The maximum atomic E-state index is 13.5. The lowest BCUT2D eigenvalue weighted by Gasteiger charge is -2.27. The van der Waals surface area contributed by atoms with Crippen LogP contribution in [-0.4, -0.2) is 54.6 Å². The standard InChI is InChI=1S/C24H25N3O4S/c1-3-31-22-18(10-7-11-25-22)21(28)26-23-19(24(29)27-12-14-30-15-13-27)16(2)20(32-23)17-8-5-4-6-9-17/h4-11H,3,12-15H2,1-2H3,(H,26,28). The largest absolute Gasteiger partial charge is 0.477 e. The molecule has 0 unspecified atom stereocenters. The number of hydrogen-bond acceptors (Lipinski definition) is 6. The Kier molecular flexibility index (Phi) is 6.82. The highest BCUT2D eigenvalue weighted by molar-refractivity contribution is 7.20. The molecule has 166 valence electrons. The van der Waals surface area contributed by atoms with Crippen molar-refractivity contribution in [3.05, 3.63) is 65.4 Å². The zero-order valence-electron chi connectivity index (χ0n) is 18.1. The normalized spacial score (nSPS) is 13.6. The Hall–Kier alpha value is -3.23. The first-order chi connectivity index (χ1) is 15.6. The molecule has 1 fully saturated rings. The summed E-state index contributed by atoms with van der Waals surface area (Å²) in [5.74, 6) is -0.195. The Morgan fingerprint density at radius 1 is 1.16 bits per heavy atom. The van der Waals surface area contributed by atoms with Crippen molar-refractivity contribution in [2.24, 2.45) is 0 Å². The predicted molar refractivity (Wildman–Crippen MR) is 125 cm³/mol. The molecule has 7 nitrogen and oxygen atoms in total. The molecular formula is C24H25N3O4S. The number of nitrogens with one attached hydrogen (secondary N) is 1. The minimum absolute atomic E-state index is 0.101. The SMILES string of the molecule is CCOc1ncccc1C(=O)Nc1sc(-c2ccccc2)c(C)c1C(=O)N1CCOCC1. The number of hydrogen-bond donors (Lipinski definition) is 1. The van der Waals surface area contributed by atoms with Gasteiger partial charge in [0.25, 0.3) is 11.8 Å². The summed E-state index contributed by atoms with van der Waals surface area (Å²) in [6.45, 7) is 6.24. The van der Waals surface area contributed by atoms with Crippen LogP contribution in [0.4, 0.5) is 5.00 Å².